The van der Waals surface area contributed by atoms with Gasteiger partial charge in [0, 0.05) is 50.3 Å². The second-order valence-electron chi connectivity index (χ2n) is 4.21. The first-order valence-electron chi connectivity index (χ1n) is 5.80. The van der Waals surface area contributed by atoms with Crippen LogP contribution in [-0.2, 0) is 0 Å². The van der Waals surface area contributed by atoms with Gasteiger partial charge in [0.15, 0.2) is 0 Å². The largest absolute Gasteiger partial charge is 0.395 e. The van der Waals surface area contributed by atoms with E-state index in [0.717, 1.165) is 38.4 Å². The maximum Gasteiger partial charge on any atom is 0.0558 e. The molecule has 0 bridgehead atoms. The molecule has 0 aromatic carbocycles. The maximum atomic E-state index is 8.87. The van der Waals surface area contributed by atoms with E-state index in [1.165, 1.54) is 5.69 Å². The van der Waals surface area contributed by atoms with Crippen LogP contribution in [0.15, 0.2) is 18.3 Å². The van der Waals surface area contributed by atoms with Crippen LogP contribution in [0.1, 0.15) is 5.69 Å². The van der Waals surface area contributed by atoms with E-state index in [1.54, 1.807) is 0 Å². The molecule has 1 aromatic rings. The van der Waals surface area contributed by atoms with Gasteiger partial charge in [-0.2, -0.15) is 0 Å². The summed E-state index contributed by atoms with van der Waals surface area (Å²) >= 11 is 0. The summed E-state index contributed by atoms with van der Waals surface area (Å²) in [5.41, 5.74) is 2.33. The Morgan fingerprint density at radius 3 is 2.69 bits per heavy atom. The molecule has 1 aliphatic rings. The van der Waals surface area contributed by atoms with E-state index in [2.05, 4.69) is 26.9 Å². The summed E-state index contributed by atoms with van der Waals surface area (Å²) in [6.07, 6.45) is 1.87. The second kappa shape index (κ2) is 5.27. The van der Waals surface area contributed by atoms with Crippen LogP contribution in [-0.4, -0.2) is 54.3 Å². The summed E-state index contributed by atoms with van der Waals surface area (Å²) in [7, 11) is 0. The molecule has 1 N–H and O–H groups in total. The van der Waals surface area contributed by atoms with E-state index in [9.17, 15) is 0 Å². The minimum atomic E-state index is 0.258. The molecule has 2 rings (SSSR count). The van der Waals surface area contributed by atoms with Gasteiger partial charge in [0.2, 0.25) is 0 Å². The number of rotatable bonds is 3. The Kier molecular flexibility index (Phi) is 3.74. The molecule has 0 atom stereocenters. The van der Waals surface area contributed by atoms with Crippen LogP contribution in [0.3, 0.4) is 0 Å². The summed E-state index contributed by atoms with van der Waals surface area (Å²) in [5.74, 6) is 0. The minimum absolute atomic E-state index is 0.258. The zero-order chi connectivity index (χ0) is 11.4. The molecule has 4 nitrogen and oxygen atoms in total. The fourth-order valence-corrected chi connectivity index (χ4v) is 2.10. The fraction of sp³-hybridized carbons (Fsp3) is 0.583. The number of hydrogen-bond donors (Lipinski definition) is 1. The lowest BCUT2D eigenvalue weighted by atomic mass is 10.2. The molecule has 2 heterocycles. The highest BCUT2D eigenvalue weighted by atomic mass is 16.3. The average molecular weight is 221 g/mol. The van der Waals surface area contributed by atoms with Crippen LogP contribution in [0.2, 0.25) is 0 Å². The Balaban J connectivity index is 1.94. The third kappa shape index (κ3) is 2.71. The first-order valence-corrected chi connectivity index (χ1v) is 5.80. The molecule has 1 fully saturated rings. The molecule has 1 aromatic heterocycles. The van der Waals surface area contributed by atoms with Crippen LogP contribution in [0.25, 0.3) is 0 Å². The Bertz CT molecular complexity index is 335. The number of aliphatic hydroxyl groups excluding tert-OH is 1. The van der Waals surface area contributed by atoms with Gasteiger partial charge < -0.3 is 10.0 Å². The van der Waals surface area contributed by atoms with Crippen molar-refractivity contribution in [2.45, 2.75) is 6.92 Å². The summed E-state index contributed by atoms with van der Waals surface area (Å²) in [4.78, 5) is 8.88. The van der Waals surface area contributed by atoms with Crippen LogP contribution in [0.4, 0.5) is 5.69 Å². The second-order valence-corrected chi connectivity index (χ2v) is 4.21. The molecule has 0 amide bonds. The van der Waals surface area contributed by atoms with E-state index in [-0.39, 0.29) is 6.61 Å². The van der Waals surface area contributed by atoms with Crippen molar-refractivity contribution in [1.29, 1.82) is 0 Å². The molecule has 0 spiro atoms. The van der Waals surface area contributed by atoms with Crippen molar-refractivity contribution in [1.82, 2.24) is 9.88 Å². The monoisotopic (exact) mass is 221 g/mol. The van der Waals surface area contributed by atoms with Gasteiger partial charge in [-0.15, -0.1) is 0 Å². The quantitative estimate of drug-likeness (QED) is 0.807. The zero-order valence-corrected chi connectivity index (χ0v) is 9.76. The molecule has 4 heteroatoms. The summed E-state index contributed by atoms with van der Waals surface area (Å²) in [6.45, 7) is 7.19. The highest BCUT2D eigenvalue weighted by Gasteiger charge is 2.16. The lowest BCUT2D eigenvalue weighted by molar-refractivity contribution is 0.189. The molecule has 1 aliphatic heterocycles. The maximum absolute atomic E-state index is 8.87. The van der Waals surface area contributed by atoms with Gasteiger partial charge in [-0.3, -0.25) is 9.88 Å². The van der Waals surface area contributed by atoms with Gasteiger partial charge >= 0.3 is 0 Å². The van der Waals surface area contributed by atoms with Gasteiger partial charge in [-0.1, -0.05) is 0 Å². The molecule has 0 unspecified atom stereocenters. The Hall–Kier alpha value is -1.13. The van der Waals surface area contributed by atoms with Gasteiger partial charge in [0.05, 0.1) is 6.61 Å². The van der Waals surface area contributed by atoms with Crippen LogP contribution in [0, 0.1) is 6.92 Å². The van der Waals surface area contributed by atoms with Crippen molar-refractivity contribution in [3.05, 3.63) is 24.0 Å². The van der Waals surface area contributed by atoms with Crippen molar-refractivity contribution >= 4 is 5.69 Å². The zero-order valence-electron chi connectivity index (χ0n) is 9.76. The minimum Gasteiger partial charge on any atom is -0.395 e. The van der Waals surface area contributed by atoms with Gasteiger partial charge in [0.25, 0.3) is 0 Å². The first kappa shape index (κ1) is 11.4. The molecular weight excluding hydrogens is 202 g/mol. The molecule has 16 heavy (non-hydrogen) atoms. The van der Waals surface area contributed by atoms with Crippen molar-refractivity contribution in [3.63, 3.8) is 0 Å². The summed E-state index contributed by atoms with van der Waals surface area (Å²) in [5, 5.41) is 8.87. The topological polar surface area (TPSA) is 39.6 Å². The predicted octanol–water partition coefficient (Wildman–Crippen LogP) is 0.504. The highest BCUT2D eigenvalue weighted by Crippen LogP contribution is 2.16. The predicted molar refractivity (Wildman–Crippen MR) is 64.7 cm³/mol. The SMILES string of the molecule is Cc1cc(N2CCN(CCO)CC2)ccn1. The Morgan fingerprint density at radius 1 is 1.31 bits per heavy atom. The van der Waals surface area contributed by atoms with E-state index in [1.807, 2.05) is 13.1 Å². The normalized spacial score (nSPS) is 17.8. The number of nitrogens with zero attached hydrogens (tertiary/aromatic N) is 3. The van der Waals surface area contributed by atoms with E-state index < -0.39 is 0 Å². The highest BCUT2D eigenvalue weighted by molar-refractivity contribution is 5.46. The molecule has 1 saturated heterocycles. The van der Waals surface area contributed by atoms with Crippen LogP contribution >= 0.6 is 0 Å². The number of aromatic nitrogens is 1. The van der Waals surface area contributed by atoms with Crippen LogP contribution in [0.5, 0.6) is 0 Å². The van der Waals surface area contributed by atoms with Crippen molar-refractivity contribution < 1.29 is 5.11 Å². The van der Waals surface area contributed by atoms with Crippen molar-refractivity contribution in [3.8, 4) is 0 Å². The number of pyridine rings is 1. The van der Waals surface area contributed by atoms with Crippen molar-refractivity contribution in [2.24, 2.45) is 0 Å². The Labute approximate surface area is 96.5 Å². The third-order valence-corrected chi connectivity index (χ3v) is 3.03. The fourth-order valence-electron chi connectivity index (χ4n) is 2.10. The third-order valence-electron chi connectivity index (χ3n) is 3.03. The first-order chi connectivity index (χ1) is 7.79. The number of hydrogen-bond acceptors (Lipinski definition) is 4. The molecule has 0 radical (unpaired) electrons. The van der Waals surface area contributed by atoms with Gasteiger partial charge in [0.1, 0.15) is 0 Å². The van der Waals surface area contributed by atoms with Gasteiger partial charge in [-0.05, 0) is 19.1 Å². The van der Waals surface area contributed by atoms with Crippen molar-refractivity contribution in [2.75, 3.05) is 44.2 Å². The lowest BCUT2D eigenvalue weighted by Gasteiger charge is -2.35. The summed E-state index contributed by atoms with van der Waals surface area (Å²) in [6, 6.07) is 4.19. The number of β-amino-alcohol motifs (C(OH)–C–C–N with tert-alkyl or cyclic N) is 1. The molecule has 88 valence electrons. The Morgan fingerprint density at radius 2 is 2.06 bits per heavy atom. The smallest absolute Gasteiger partial charge is 0.0558 e. The number of piperazine rings is 1. The number of aliphatic hydroxyl groups is 1. The molecular formula is C12H19N3O. The number of anilines is 1. The van der Waals surface area contributed by atoms with E-state index in [4.69, 9.17) is 5.11 Å². The molecule has 0 aliphatic carbocycles. The van der Waals surface area contributed by atoms with Crippen LogP contribution < -0.4 is 4.90 Å². The standard InChI is InChI=1S/C12H19N3O/c1-11-10-12(2-3-13-11)15-6-4-14(5-7-15)8-9-16/h2-3,10,16H,4-9H2,1H3. The lowest BCUT2D eigenvalue weighted by Crippen LogP contribution is -2.47. The van der Waals surface area contributed by atoms with E-state index in [0.29, 0.717) is 0 Å². The summed E-state index contributed by atoms with van der Waals surface area (Å²) < 4.78 is 0. The molecule has 0 saturated carbocycles. The number of aryl methyl sites for hydroxylation is 1. The average Bonchev–Trinajstić information content (AvgIpc) is 2.30. The van der Waals surface area contributed by atoms with E-state index >= 15 is 0 Å². The van der Waals surface area contributed by atoms with Gasteiger partial charge in [-0.25, -0.2) is 0 Å².